The van der Waals surface area contributed by atoms with Crippen molar-refractivity contribution in [3.63, 3.8) is 0 Å². The van der Waals surface area contributed by atoms with Crippen molar-refractivity contribution >= 4 is 33.4 Å². The standard InChI is InChI=1S/C12H15BrClNO2/c1-8(14)7-15(2)12(16)9-4-5-11(17-3)10(13)6-9/h4-6,8H,7H2,1-3H3. The Labute approximate surface area is 115 Å². The van der Waals surface area contributed by atoms with Crippen LogP contribution in [0.1, 0.15) is 17.3 Å². The topological polar surface area (TPSA) is 29.5 Å². The molecular weight excluding hydrogens is 305 g/mol. The Kier molecular flexibility index (Phi) is 5.28. The third-order valence-corrected chi connectivity index (χ3v) is 3.03. The van der Waals surface area contributed by atoms with Gasteiger partial charge < -0.3 is 9.64 Å². The molecule has 0 saturated carbocycles. The number of halogens is 2. The van der Waals surface area contributed by atoms with E-state index >= 15 is 0 Å². The lowest BCUT2D eigenvalue weighted by Crippen LogP contribution is -2.31. The molecule has 1 aromatic rings. The van der Waals surface area contributed by atoms with Gasteiger partial charge in [-0.15, -0.1) is 11.6 Å². The van der Waals surface area contributed by atoms with Crippen LogP contribution >= 0.6 is 27.5 Å². The Morgan fingerprint density at radius 2 is 2.24 bits per heavy atom. The first-order valence-electron chi connectivity index (χ1n) is 5.18. The van der Waals surface area contributed by atoms with Crippen LogP contribution in [0.4, 0.5) is 0 Å². The molecule has 0 aromatic heterocycles. The Morgan fingerprint density at radius 1 is 1.59 bits per heavy atom. The summed E-state index contributed by atoms with van der Waals surface area (Å²) in [6, 6.07) is 5.24. The number of methoxy groups -OCH3 is 1. The van der Waals surface area contributed by atoms with Gasteiger partial charge in [-0.25, -0.2) is 0 Å². The lowest BCUT2D eigenvalue weighted by atomic mass is 10.2. The smallest absolute Gasteiger partial charge is 0.253 e. The molecule has 0 bridgehead atoms. The Balaban J connectivity index is 2.86. The lowest BCUT2D eigenvalue weighted by Gasteiger charge is -2.18. The summed E-state index contributed by atoms with van der Waals surface area (Å²) >= 11 is 9.21. The third-order valence-electron chi connectivity index (χ3n) is 2.27. The van der Waals surface area contributed by atoms with Gasteiger partial charge in [0, 0.05) is 24.5 Å². The molecule has 0 spiro atoms. The van der Waals surface area contributed by atoms with E-state index in [-0.39, 0.29) is 11.3 Å². The zero-order valence-corrected chi connectivity index (χ0v) is 12.4. The molecule has 1 amide bonds. The Morgan fingerprint density at radius 3 is 2.71 bits per heavy atom. The highest BCUT2D eigenvalue weighted by Gasteiger charge is 2.14. The second-order valence-electron chi connectivity index (χ2n) is 3.82. The van der Waals surface area contributed by atoms with Gasteiger partial charge in [0.05, 0.1) is 11.6 Å². The molecule has 0 aliphatic carbocycles. The molecule has 17 heavy (non-hydrogen) atoms. The fourth-order valence-electron chi connectivity index (χ4n) is 1.48. The number of nitrogens with zero attached hydrogens (tertiary/aromatic N) is 1. The molecule has 94 valence electrons. The zero-order valence-electron chi connectivity index (χ0n) is 10.0. The molecule has 0 saturated heterocycles. The van der Waals surface area contributed by atoms with Gasteiger partial charge in [-0.3, -0.25) is 4.79 Å². The maximum atomic E-state index is 12.0. The molecule has 1 unspecified atom stereocenters. The number of hydrogen-bond acceptors (Lipinski definition) is 2. The molecule has 0 aliphatic rings. The van der Waals surface area contributed by atoms with Crippen LogP contribution in [-0.2, 0) is 0 Å². The summed E-state index contributed by atoms with van der Waals surface area (Å²) in [6.07, 6.45) is 0. The molecule has 1 atom stereocenters. The first-order chi connectivity index (χ1) is 7.95. The molecule has 3 nitrogen and oxygen atoms in total. The van der Waals surface area contributed by atoms with Crippen LogP contribution in [0.25, 0.3) is 0 Å². The van der Waals surface area contributed by atoms with Crippen molar-refractivity contribution < 1.29 is 9.53 Å². The van der Waals surface area contributed by atoms with Gasteiger partial charge in [0.2, 0.25) is 0 Å². The molecule has 0 N–H and O–H groups in total. The Bertz CT molecular complexity index is 409. The molecule has 5 heteroatoms. The van der Waals surface area contributed by atoms with Crippen LogP contribution in [0.15, 0.2) is 22.7 Å². The van der Waals surface area contributed by atoms with Crippen molar-refractivity contribution in [1.29, 1.82) is 0 Å². The second kappa shape index (κ2) is 6.26. The first kappa shape index (κ1) is 14.3. The highest BCUT2D eigenvalue weighted by molar-refractivity contribution is 9.10. The van der Waals surface area contributed by atoms with Gasteiger partial charge in [-0.05, 0) is 41.1 Å². The number of hydrogen-bond donors (Lipinski definition) is 0. The first-order valence-corrected chi connectivity index (χ1v) is 6.41. The van der Waals surface area contributed by atoms with Crippen LogP contribution in [0.3, 0.4) is 0 Å². The van der Waals surface area contributed by atoms with Crippen LogP contribution in [-0.4, -0.2) is 36.9 Å². The molecule has 0 fully saturated rings. The van der Waals surface area contributed by atoms with Crippen LogP contribution in [0.5, 0.6) is 5.75 Å². The maximum absolute atomic E-state index is 12.0. The van der Waals surface area contributed by atoms with Gasteiger partial charge in [-0.2, -0.15) is 0 Å². The monoisotopic (exact) mass is 319 g/mol. The van der Waals surface area contributed by atoms with E-state index in [2.05, 4.69) is 15.9 Å². The largest absolute Gasteiger partial charge is 0.496 e. The van der Waals surface area contributed by atoms with Gasteiger partial charge >= 0.3 is 0 Å². The number of benzene rings is 1. The minimum atomic E-state index is -0.0642. The summed E-state index contributed by atoms with van der Waals surface area (Å²) in [7, 11) is 3.32. The molecule has 0 aliphatic heterocycles. The van der Waals surface area contributed by atoms with E-state index in [0.29, 0.717) is 17.9 Å². The van der Waals surface area contributed by atoms with Gasteiger partial charge in [0.1, 0.15) is 5.75 Å². The highest BCUT2D eigenvalue weighted by atomic mass is 79.9. The lowest BCUT2D eigenvalue weighted by molar-refractivity contribution is 0.0796. The van der Waals surface area contributed by atoms with E-state index in [1.54, 1.807) is 37.3 Å². The Hall–Kier alpha value is -0.740. The van der Waals surface area contributed by atoms with E-state index in [9.17, 15) is 4.79 Å². The maximum Gasteiger partial charge on any atom is 0.253 e. The van der Waals surface area contributed by atoms with Crippen molar-refractivity contribution in [2.45, 2.75) is 12.3 Å². The summed E-state index contributed by atoms with van der Waals surface area (Å²) in [5, 5.41) is -0.0642. The van der Waals surface area contributed by atoms with E-state index < -0.39 is 0 Å². The minimum Gasteiger partial charge on any atom is -0.496 e. The molecule has 0 radical (unpaired) electrons. The predicted molar refractivity (Wildman–Crippen MR) is 73.0 cm³/mol. The SMILES string of the molecule is COc1ccc(C(=O)N(C)CC(C)Cl)cc1Br. The van der Waals surface area contributed by atoms with Crippen molar-refractivity contribution in [3.05, 3.63) is 28.2 Å². The van der Waals surface area contributed by atoms with E-state index in [0.717, 1.165) is 4.47 Å². The third kappa shape index (κ3) is 3.89. The number of ether oxygens (including phenoxy) is 1. The average Bonchev–Trinajstić information content (AvgIpc) is 2.27. The summed E-state index contributed by atoms with van der Waals surface area (Å²) < 4.78 is 5.87. The van der Waals surface area contributed by atoms with E-state index in [4.69, 9.17) is 16.3 Å². The minimum absolute atomic E-state index is 0.0548. The normalized spacial score (nSPS) is 12.1. The van der Waals surface area contributed by atoms with Gasteiger partial charge in [0.15, 0.2) is 0 Å². The van der Waals surface area contributed by atoms with E-state index in [1.807, 2.05) is 6.92 Å². The van der Waals surface area contributed by atoms with E-state index in [1.165, 1.54) is 0 Å². The van der Waals surface area contributed by atoms with Crippen molar-refractivity contribution in [2.24, 2.45) is 0 Å². The summed E-state index contributed by atoms with van der Waals surface area (Å²) in [5.74, 6) is 0.649. The number of carbonyl (C=O) groups is 1. The van der Waals surface area contributed by atoms with Crippen LogP contribution in [0, 0.1) is 0 Å². The molecule has 1 aromatic carbocycles. The molecule has 1 rings (SSSR count). The highest BCUT2D eigenvalue weighted by Crippen LogP contribution is 2.25. The predicted octanol–water partition coefficient (Wildman–Crippen LogP) is 3.16. The number of alkyl halides is 1. The number of amides is 1. The van der Waals surface area contributed by atoms with Crippen molar-refractivity contribution in [2.75, 3.05) is 20.7 Å². The summed E-state index contributed by atoms with van der Waals surface area (Å²) in [5.41, 5.74) is 0.609. The van der Waals surface area contributed by atoms with Crippen LogP contribution in [0.2, 0.25) is 0 Å². The fraction of sp³-hybridized carbons (Fsp3) is 0.417. The fourth-order valence-corrected chi connectivity index (χ4v) is 2.23. The number of carbonyl (C=O) groups excluding carboxylic acids is 1. The quantitative estimate of drug-likeness (QED) is 0.798. The zero-order chi connectivity index (χ0) is 13.0. The van der Waals surface area contributed by atoms with Crippen LogP contribution < -0.4 is 4.74 Å². The van der Waals surface area contributed by atoms with Crippen molar-refractivity contribution in [3.8, 4) is 5.75 Å². The summed E-state index contributed by atoms with van der Waals surface area (Å²) in [6.45, 7) is 2.37. The second-order valence-corrected chi connectivity index (χ2v) is 5.42. The average molecular weight is 321 g/mol. The van der Waals surface area contributed by atoms with Crippen molar-refractivity contribution in [1.82, 2.24) is 4.90 Å². The van der Waals surface area contributed by atoms with Gasteiger partial charge in [0.25, 0.3) is 5.91 Å². The summed E-state index contributed by atoms with van der Waals surface area (Å²) in [4.78, 5) is 13.6. The van der Waals surface area contributed by atoms with Gasteiger partial charge in [-0.1, -0.05) is 0 Å². The molecular formula is C12H15BrClNO2. The molecule has 0 heterocycles. The number of rotatable bonds is 4.